The fourth-order valence-electron chi connectivity index (χ4n) is 3.32. The second-order valence-electron chi connectivity index (χ2n) is 6.96. The molecule has 1 atom stereocenters. The van der Waals surface area contributed by atoms with Crippen LogP contribution < -0.4 is 5.63 Å². The van der Waals surface area contributed by atoms with Gasteiger partial charge in [0.1, 0.15) is 11.2 Å². The lowest BCUT2D eigenvalue weighted by atomic mass is 9.99. The van der Waals surface area contributed by atoms with Crippen LogP contribution in [0.2, 0.25) is 0 Å². The van der Waals surface area contributed by atoms with Gasteiger partial charge in [-0.1, -0.05) is 23.3 Å². The van der Waals surface area contributed by atoms with Gasteiger partial charge in [-0.2, -0.15) is 0 Å². The first-order valence-corrected chi connectivity index (χ1v) is 8.85. The van der Waals surface area contributed by atoms with Crippen LogP contribution in [0, 0.1) is 0 Å². The van der Waals surface area contributed by atoms with Gasteiger partial charge in [0.2, 0.25) is 0 Å². The molecule has 0 aliphatic heterocycles. The van der Waals surface area contributed by atoms with Gasteiger partial charge in [-0.25, -0.2) is 4.79 Å². The highest BCUT2D eigenvalue weighted by Gasteiger charge is 2.11. The van der Waals surface area contributed by atoms with Gasteiger partial charge in [0.15, 0.2) is 0 Å². The van der Waals surface area contributed by atoms with Crippen molar-refractivity contribution in [3.63, 3.8) is 0 Å². The number of aliphatic hydroxyl groups is 1. The monoisotopic (exact) mass is 352 g/mol. The first-order chi connectivity index (χ1) is 12.4. The predicted octanol–water partition coefficient (Wildman–Crippen LogP) is 5.14. The third-order valence-electron chi connectivity index (χ3n) is 4.41. The van der Waals surface area contributed by atoms with Crippen molar-refractivity contribution in [3.05, 3.63) is 69.8 Å². The second-order valence-corrected chi connectivity index (χ2v) is 6.96. The molecule has 1 N–H and O–H groups in total. The van der Waals surface area contributed by atoms with Crippen molar-refractivity contribution in [1.29, 1.82) is 0 Å². The van der Waals surface area contributed by atoms with E-state index in [2.05, 4.69) is 6.08 Å². The van der Waals surface area contributed by atoms with Crippen molar-refractivity contribution < 1.29 is 13.9 Å². The average Bonchev–Trinajstić information content (AvgIpc) is 3.01. The molecule has 3 aromatic rings. The highest BCUT2D eigenvalue weighted by atomic mass is 16.4. The minimum absolute atomic E-state index is 0.363. The molecule has 4 heteroatoms. The number of aryl methyl sites for hydroxylation is 1. The zero-order chi connectivity index (χ0) is 18.7. The molecule has 0 bridgehead atoms. The SMILES string of the molecule is CC(C)=C[C@@H](O)C/C(C)=C/CCc1c2ccoc2cc2oc(=O)ccc12. The maximum absolute atomic E-state index is 11.5. The summed E-state index contributed by atoms with van der Waals surface area (Å²) in [6, 6.07) is 6.99. The van der Waals surface area contributed by atoms with E-state index in [1.165, 1.54) is 6.07 Å². The summed E-state index contributed by atoms with van der Waals surface area (Å²) >= 11 is 0. The predicted molar refractivity (Wildman–Crippen MR) is 104 cm³/mol. The molecule has 136 valence electrons. The summed E-state index contributed by atoms with van der Waals surface area (Å²) in [5.41, 5.74) is 4.30. The van der Waals surface area contributed by atoms with E-state index < -0.39 is 6.10 Å². The zero-order valence-corrected chi connectivity index (χ0v) is 15.4. The summed E-state index contributed by atoms with van der Waals surface area (Å²) in [5, 5.41) is 12.0. The normalized spacial score (nSPS) is 13.3. The molecule has 0 unspecified atom stereocenters. The van der Waals surface area contributed by atoms with Crippen LogP contribution in [0.5, 0.6) is 0 Å². The van der Waals surface area contributed by atoms with Crippen molar-refractivity contribution in [3.8, 4) is 0 Å². The van der Waals surface area contributed by atoms with E-state index in [0.29, 0.717) is 12.0 Å². The number of hydrogen-bond donors (Lipinski definition) is 1. The molecule has 2 aromatic heterocycles. The number of hydrogen-bond acceptors (Lipinski definition) is 4. The van der Waals surface area contributed by atoms with Gasteiger partial charge in [-0.3, -0.25) is 0 Å². The van der Waals surface area contributed by atoms with Crippen LogP contribution in [0.4, 0.5) is 0 Å². The van der Waals surface area contributed by atoms with Gasteiger partial charge < -0.3 is 13.9 Å². The fraction of sp³-hybridized carbons (Fsp3) is 0.318. The molecule has 0 aliphatic rings. The molecular weight excluding hydrogens is 328 g/mol. The van der Waals surface area contributed by atoms with Gasteiger partial charge in [-0.05, 0) is 57.7 Å². The lowest BCUT2D eigenvalue weighted by Crippen LogP contribution is -2.03. The van der Waals surface area contributed by atoms with Crippen molar-refractivity contribution in [1.82, 2.24) is 0 Å². The minimum Gasteiger partial charge on any atom is -0.464 e. The van der Waals surface area contributed by atoms with E-state index >= 15 is 0 Å². The minimum atomic E-state index is -0.441. The third-order valence-corrected chi connectivity index (χ3v) is 4.41. The van der Waals surface area contributed by atoms with E-state index in [1.807, 2.05) is 39.0 Å². The molecule has 26 heavy (non-hydrogen) atoms. The Morgan fingerprint density at radius 2 is 1.92 bits per heavy atom. The molecule has 0 saturated carbocycles. The first-order valence-electron chi connectivity index (χ1n) is 8.85. The van der Waals surface area contributed by atoms with E-state index in [-0.39, 0.29) is 5.63 Å². The highest BCUT2D eigenvalue weighted by Crippen LogP contribution is 2.29. The van der Waals surface area contributed by atoms with Crippen LogP contribution >= 0.6 is 0 Å². The smallest absolute Gasteiger partial charge is 0.336 e. The summed E-state index contributed by atoms with van der Waals surface area (Å²) in [7, 11) is 0. The van der Waals surface area contributed by atoms with Crippen LogP contribution in [0.15, 0.2) is 67.5 Å². The quantitative estimate of drug-likeness (QED) is 0.493. The Bertz CT molecular complexity index is 1030. The summed E-state index contributed by atoms with van der Waals surface area (Å²) in [4.78, 5) is 11.5. The molecule has 2 heterocycles. The lowest BCUT2D eigenvalue weighted by Gasteiger charge is -2.08. The standard InChI is InChI=1S/C22H24O4/c1-14(2)11-16(23)12-15(3)5-4-6-17-18-7-8-22(24)26-21(18)13-20-19(17)9-10-25-20/h5,7-11,13,16,23H,4,6,12H2,1-3H3/b15-5+/t16-/m1/s1. The molecule has 0 amide bonds. The van der Waals surface area contributed by atoms with Crippen LogP contribution in [-0.4, -0.2) is 11.2 Å². The van der Waals surface area contributed by atoms with Gasteiger partial charge >= 0.3 is 5.63 Å². The van der Waals surface area contributed by atoms with E-state index in [9.17, 15) is 9.90 Å². The molecule has 0 radical (unpaired) electrons. The number of rotatable bonds is 6. The topological polar surface area (TPSA) is 63.6 Å². The van der Waals surface area contributed by atoms with Gasteiger partial charge in [0, 0.05) is 22.9 Å². The van der Waals surface area contributed by atoms with Crippen molar-refractivity contribution >= 4 is 21.9 Å². The average molecular weight is 352 g/mol. The van der Waals surface area contributed by atoms with E-state index in [0.717, 1.165) is 45.9 Å². The Hall–Kier alpha value is -2.59. The number of fused-ring (bicyclic) bond motifs is 2. The van der Waals surface area contributed by atoms with Crippen LogP contribution in [-0.2, 0) is 6.42 Å². The maximum Gasteiger partial charge on any atom is 0.336 e. The Morgan fingerprint density at radius 1 is 1.15 bits per heavy atom. The Balaban J connectivity index is 1.83. The molecule has 0 aliphatic carbocycles. The Kier molecular flexibility index (Phi) is 5.43. The van der Waals surface area contributed by atoms with Gasteiger partial charge in [-0.15, -0.1) is 0 Å². The maximum atomic E-state index is 11.5. The number of aliphatic hydroxyl groups excluding tert-OH is 1. The first kappa shape index (κ1) is 18.2. The third kappa shape index (κ3) is 4.14. The van der Waals surface area contributed by atoms with Crippen molar-refractivity contribution in [2.45, 2.75) is 46.1 Å². The van der Waals surface area contributed by atoms with Crippen molar-refractivity contribution in [2.75, 3.05) is 0 Å². The number of benzene rings is 1. The summed E-state index contributed by atoms with van der Waals surface area (Å²) in [6.07, 6.45) is 7.52. The summed E-state index contributed by atoms with van der Waals surface area (Å²) in [5.74, 6) is 0. The Morgan fingerprint density at radius 3 is 2.69 bits per heavy atom. The van der Waals surface area contributed by atoms with Gasteiger partial charge in [0.25, 0.3) is 0 Å². The largest absolute Gasteiger partial charge is 0.464 e. The molecule has 3 rings (SSSR count). The van der Waals surface area contributed by atoms with Crippen molar-refractivity contribution in [2.24, 2.45) is 0 Å². The van der Waals surface area contributed by atoms with Crippen LogP contribution in [0.3, 0.4) is 0 Å². The summed E-state index contributed by atoms with van der Waals surface area (Å²) < 4.78 is 10.8. The van der Waals surface area contributed by atoms with Gasteiger partial charge in [0.05, 0.1) is 12.4 Å². The van der Waals surface area contributed by atoms with Crippen LogP contribution in [0.1, 0.15) is 39.2 Å². The van der Waals surface area contributed by atoms with Crippen LogP contribution in [0.25, 0.3) is 21.9 Å². The number of allylic oxidation sites excluding steroid dienone is 2. The molecule has 4 nitrogen and oxygen atoms in total. The van der Waals surface area contributed by atoms with E-state index in [4.69, 9.17) is 8.83 Å². The molecule has 0 saturated heterocycles. The van der Waals surface area contributed by atoms with E-state index in [1.54, 1.807) is 12.3 Å². The molecular formula is C22H24O4. The second kappa shape index (κ2) is 7.75. The Labute approximate surface area is 152 Å². The molecule has 1 aromatic carbocycles. The zero-order valence-electron chi connectivity index (χ0n) is 15.4. The lowest BCUT2D eigenvalue weighted by molar-refractivity contribution is 0.222. The molecule has 0 spiro atoms. The fourth-order valence-corrected chi connectivity index (χ4v) is 3.32. The summed E-state index contributed by atoms with van der Waals surface area (Å²) in [6.45, 7) is 6.01. The number of furan rings is 1. The molecule has 0 fully saturated rings. The highest BCUT2D eigenvalue weighted by molar-refractivity contribution is 5.97.